The van der Waals surface area contributed by atoms with Gasteiger partial charge in [-0.2, -0.15) is 0 Å². The van der Waals surface area contributed by atoms with Crippen molar-refractivity contribution in [2.75, 3.05) is 13.2 Å². The molecular weight excluding hydrogens is 272 g/mol. The Bertz CT molecular complexity index is 438. The van der Waals surface area contributed by atoms with Gasteiger partial charge in [0.1, 0.15) is 18.8 Å². The quantitative estimate of drug-likeness (QED) is 0.742. The van der Waals surface area contributed by atoms with Gasteiger partial charge in [-0.05, 0) is 34.1 Å². The molecule has 3 fully saturated rings. The number of fused-ring (bicyclic) bond motifs is 1. The van der Waals surface area contributed by atoms with Crippen molar-refractivity contribution in [3.05, 3.63) is 0 Å². The van der Waals surface area contributed by atoms with Crippen molar-refractivity contribution in [1.29, 1.82) is 0 Å². The van der Waals surface area contributed by atoms with E-state index in [1.54, 1.807) is 0 Å². The highest BCUT2D eigenvalue weighted by Gasteiger charge is 2.57. The third kappa shape index (κ3) is 2.96. The van der Waals surface area contributed by atoms with Crippen LogP contribution in [0.1, 0.15) is 34.1 Å². The Kier molecular flexibility index (Phi) is 3.79. The average Bonchev–Trinajstić information content (AvgIpc) is 2.96. The Hall–Kier alpha value is -0.640. The number of hydrogen-bond donors (Lipinski definition) is 0. The number of terminal acetylenes is 1. The zero-order valence-electron chi connectivity index (χ0n) is 13.1. The molecule has 3 heterocycles. The summed E-state index contributed by atoms with van der Waals surface area (Å²) in [6.07, 6.45) is 5.50. The highest BCUT2D eigenvalue weighted by molar-refractivity contribution is 5.01. The molecule has 0 radical (unpaired) electrons. The minimum Gasteiger partial charge on any atom is -0.362 e. The van der Waals surface area contributed by atoms with Crippen LogP contribution in [0.4, 0.5) is 0 Å². The van der Waals surface area contributed by atoms with E-state index >= 15 is 0 Å². The fourth-order valence-electron chi connectivity index (χ4n) is 3.53. The summed E-state index contributed by atoms with van der Waals surface area (Å²) in [7, 11) is 0. The third-order valence-electron chi connectivity index (χ3n) is 4.31. The van der Waals surface area contributed by atoms with Crippen LogP contribution in [-0.2, 0) is 23.7 Å². The van der Waals surface area contributed by atoms with Gasteiger partial charge in [0.25, 0.3) is 0 Å². The molecule has 0 aromatic rings. The second kappa shape index (κ2) is 5.22. The van der Waals surface area contributed by atoms with E-state index in [1.807, 2.05) is 13.8 Å². The molecule has 0 bridgehead atoms. The largest absolute Gasteiger partial charge is 0.362 e. The molecule has 0 saturated carbocycles. The van der Waals surface area contributed by atoms with Crippen LogP contribution in [0.3, 0.4) is 0 Å². The molecule has 5 atom stereocenters. The van der Waals surface area contributed by atoms with Gasteiger partial charge in [-0.3, -0.25) is 0 Å². The van der Waals surface area contributed by atoms with Crippen LogP contribution in [0.15, 0.2) is 0 Å². The molecule has 0 aromatic heterocycles. The minimum atomic E-state index is -0.581. The molecule has 3 aliphatic rings. The average molecular weight is 296 g/mol. The Morgan fingerprint density at radius 2 is 2.00 bits per heavy atom. The lowest BCUT2D eigenvalue weighted by Crippen LogP contribution is -2.42. The second-order valence-electron chi connectivity index (χ2n) is 7.06. The molecule has 0 aliphatic carbocycles. The van der Waals surface area contributed by atoms with Crippen molar-refractivity contribution in [1.82, 2.24) is 0 Å². The Balaban J connectivity index is 1.74. The van der Waals surface area contributed by atoms with Gasteiger partial charge in [0.15, 0.2) is 12.1 Å². The highest BCUT2D eigenvalue weighted by atomic mass is 16.8. The van der Waals surface area contributed by atoms with Gasteiger partial charge in [-0.1, -0.05) is 5.92 Å². The minimum absolute atomic E-state index is 0.115. The molecule has 0 spiro atoms. The highest BCUT2D eigenvalue weighted by Crippen LogP contribution is 2.46. The molecule has 3 aliphatic heterocycles. The van der Waals surface area contributed by atoms with E-state index in [1.165, 1.54) is 0 Å². The molecular formula is C16H24O5. The van der Waals surface area contributed by atoms with Crippen LogP contribution in [0.5, 0.6) is 0 Å². The third-order valence-corrected chi connectivity index (χ3v) is 4.31. The first-order valence-corrected chi connectivity index (χ1v) is 7.51. The van der Waals surface area contributed by atoms with Crippen molar-refractivity contribution in [2.45, 2.75) is 70.1 Å². The van der Waals surface area contributed by atoms with Gasteiger partial charge in [-0.25, -0.2) is 0 Å². The summed E-state index contributed by atoms with van der Waals surface area (Å²) in [6, 6.07) is 0. The maximum atomic E-state index is 6.09. The molecule has 5 nitrogen and oxygen atoms in total. The van der Waals surface area contributed by atoms with Gasteiger partial charge >= 0.3 is 0 Å². The fourth-order valence-corrected chi connectivity index (χ4v) is 3.53. The predicted molar refractivity (Wildman–Crippen MR) is 75.4 cm³/mol. The maximum Gasteiger partial charge on any atom is 0.164 e. The summed E-state index contributed by atoms with van der Waals surface area (Å²) < 4.78 is 29.5. The molecule has 0 unspecified atom stereocenters. The summed E-state index contributed by atoms with van der Waals surface area (Å²) in [4.78, 5) is 0. The summed E-state index contributed by atoms with van der Waals surface area (Å²) in [5.41, 5.74) is -0.190. The molecule has 0 N–H and O–H groups in total. The fraction of sp³-hybridized carbons (Fsp3) is 0.875. The van der Waals surface area contributed by atoms with E-state index in [4.69, 9.17) is 30.1 Å². The first kappa shape index (κ1) is 15.3. The molecule has 21 heavy (non-hydrogen) atoms. The maximum absolute atomic E-state index is 6.09. The van der Waals surface area contributed by atoms with E-state index in [-0.39, 0.29) is 42.7 Å². The normalized spacial score (nSPS) is 43.7. The van der Waals surface area contributed by atoms with E-state index < -0.39 is 5.79 Å². The van der Waals surface area contributed by atoms with Crippen LogP contribution >= 0.6 is 0 Å². The van der Waals surface area contributed by atoms with E-state index in [9.17, 15) is 0 Å². The summed E-state index contributed by atoms with van der Waals surface area (Å²) in [5, 5.41) is 0. The van der Waals surface area contributed by atoms with Gasteiger partial charge in [-0.15, -0.1) is 6.42 Å². The predicted octanol–water partition coefficient (Wildman–Crippen LogP) is 1.70. The van der Waals surface area contributed by atoms with Crippen molar-refractivity contribution in [2.24, 2.45) is 5.92 Å². The van der Waals surface area contributed by atoms with Gasteiger partial charge in [0.05, 0.1) is 18.3 Å². The van der Waals surface area contributed by atoms with E-state index in [2.05, 4.69) is 19.8 Å². The zero-order valence-corrected chi connectivity index (χ0v) is 13.1. The lowest BCUT2D eigenvalue weighted by Gasteiger charge is -2.28. The topological polar surface area (TPSA) is 46.2 Å². The first-order chi connectivity index (χ1) is 9.81. The van der Waals surface area contributed by atoms with Crippen molar-refractivity contribution in [3.8, 4) is 12.3 Å². The lowest BCUT2D eigenvalue weighted by molar-refractivity contribution is -0.201. The number of ether oxygens (including phenoxy) is 5. The van der Waals surface area contributed by atoms with Crippen molar-refractivity contribution >= 4 is 0 Å². The Labute approximate surface area is 126 Å². The molecule has 0 amide bonds. The van der Waals surface area contributed by atoms with Crippen LogP contribution in [-0.4, -0.2) is 49.2 Å². The molecule has 118 valence electrons. The standard InChI is InChI=1S/C16H24O5/c1-6-7-17-12-10-8-15(2,3)21-14(10)19-13(12)11-9-18-16(4,5)20-11/h1,10-14H,7-9H2,2-5H3/t10-,11-,12+,13+,14+/m0/s1. The molecule has 5 heteroatoms. The van der Waals surface area contributed by atoms with Crippen LogP contribution in [0.25, 0.3) is 0 Å². The Morgan fingerprint density at radius 1 is 1.24 bits per heavy atom. The van der Waals surface area contributed by atoms with E-state index in [0.29, 0.717) is 6.61 Å². The number of hydrogen-bond acceptors (Lipinski definition) is 5. The molecule has 0 aromatic carbocycles. The summed E-state index contributed by atoms with van der Waals surface area (Å²) in [5.74, 6) is 2.14. The SMILES string of the molecule is C#CCO[C@@H]1[C@@H]2CC(C)(C)O[C@H]2O[C@@H]1[C@@H]1COC(C)(C)O1. The van der Waals surface area contributed by atoms with Gasteiger partial charge in [0.2, 0.25) is 0 Å². The number of rotatable bonds is 3. The smallest absolute Gasteiger partial charge is 0.164 e. The van der Waals surface area contributed by atoms with Gasteiger partial charge < -0.3 is 23.7 Å². The summed E-state index contributed by atoms with van der Waals surface area (Å²) in [6.45, 7) is 8.71. The Morgan fingerprint density at radius 3 is 2.62 bits per heavy atom. The van der Waals surface area contributed by atoms with Crippen molar-refractivity contribution < 1.29 is 23.7 Å². The molecule has 3 rings (SSSR count). The monoisotopic (exact) mass is 296 g/mol. The first-order valence-electron chi connectivity index (χ1n) is 7.51. The lowest BCUT2D eigenvalue weighted by atomic mass is 9.90. The van der Waals surface area contributed by atoms with E-state index in [0.717, 1.165) is 6.42 Å². The second-order valence-corrected chi connectivity index (χ2v) is 7.06. The van der Waals surface area contributed by atoms with Gasteiger partial charge in [0, 0.05) is 5.92 Å². The van der Waals surface area contributed by atoms with Crippen molar-refractivity contribution in [3.63, 3.8) is 0 Å². The van der Waals surface area contributed by atoms with Crippen LogP contribution in [0, 0.1) is 18.3 Å². The van der Waals surface area contributed by atoms with Crippen LogP contribution < -0.4 is 0 Å². The summed E-state index contributed by atoms with van der Waals surface area (Å²) >= 11 is 0. The zero-order chi connectivity index (χ0) is 15.3. The molecule has 3 saturated heterocycles. The van der Waals surface area contributed by atoms with Crippen LogP contribution in [0.2, 0.25) is 0 Å².